The number of hydrogen-bond donors (Lipinski definition) is 2. The predicted octanol–water partition coefficient (Wildman–Crippen LogP) is 1.71. The highest BCUT2D eigenvalue weighted by molar-refractivity contribution is 6.00. The van der Waals surface area contributed by atoms with Crippen molar-refractivity contribution in [2.24, 2.45) is 5.92 Å². The fourth-order valence-corrected chi connectivity index (χ4v) is 4.05. The minimum absolute atomic E-state index is 0.0125. The highest BCUT2D eigenvalue weighted by atomic mass is 16.2. The average Bonchev–Trinajstić information content (AvgIpc) is 3.13. The number of anilines is 2. The van der Waals surface area contributed by atoms with Crippen LogP contribution in [0.2, 0.25) is 0 Å². The van der Waals surface area contributed by atoms with Crippen LogP contribution in [0.5, 0.6) is 0 Å². The van der Waals surface area contributed by atoms with Gasteiger partial charge in [0.25, 0.3) is 5.56 Å². The van der Waals surface area contributed by atoms with Crippen LogP contribution >= 0.6 is 0 Å². The number of H-pyrrole nitrogens is 1. The maximum Gasteiger partial charge on any atom is 0.330 e. The normalized spacial score (nSPS) is 15.9. The molecule has 0 radical (unpaired) electrons. The maximum absolute atomic E-state index is 13.4. The molecule has 2 heterocycles. The van der Waals surface area contributed by atoms with Crippen molar-refractivity contribution >= 4 is 23.3 Å². The van der Waals surface area contributed by atoms with Gasteiger partial charge in [-0.25, -0.2) is 4.79 Å². The molecule has 1 fully saturated rings. The van der Waals surface area contributed by atoms with Crippen molar-refractivity contribution in [3.05, 3.63) is 56.7 Å². The minimum Gasteiger partial charge on any atom is -0.383 e. The third-order valence-electron chi connectivity index (χ3n) is 5.71. The van der Waals surface area contributed by atoms with Gasteiger partial charge in [-0.05, 0) is 18.4 Å². The Balaban J connectivity index is 1.87. The molecule has 3 rings (SSSR count). The first-order valence-corrected chi connectivity index (χ1v) is 11.1. The number of likely N-dealkylation sites (tertiary alicyclic amines) is 1. The zero-order chi connectivity index (χ0) is 23.3. The van der Waals surface area contributed by atoms with E-state index >= 15 is 0 Å². The first-order valence-electron chi connectivity index (χ1n) is 11.1. The zero-order valence-electron chi connectivity index (χ0n) is 18.7. The second-order valence-electron chi connectivity index (χ2n) is 8.15. The van der Waals surface area contributed by atoms with Crippen LogP contribution in [0.3, 0.4) is 0 Å². The Morgan fingerprint density at radius 3 is 2.53 bits per heavy atom. The molecule has 1 atom stereocenters. The summed E-state index contributed by atoms with van der Waals surface area (Å²) in [4.78, 5) is 56.3. The molecule has 1 aromatic carbocycles. The van der Waals surface area contributed by atoms with Gasteiger partial charge in [-0.2, -0.15) is 0 Å². The number of aromatic amines is 1. The van der Waals surface area contributed by atoms with Gasteiger partial charge < -0.3 is 15.5 Å². The number of rotatable bonds is 9. The molecule has 0 saturated carbocycles. The van der Waals surface area contributed by atoms with Gasteiger partial charge in [0.05, 0.1) is 5.92 Å². The van der Waals surface area contributed by atoms with Crippen LogP contribution in [0.4, 0.5) is 11.5 Å². The molecule has 172 valence electrons. The second-order valence-corrected chi connectivity index (χ2v) is 8.15. The van der Waals surface area contributed by atoms with Crippen molar-refractivity contribution in [2.75, 3.05) is 23.7 Å². The Bertz CT molecular complexity index is 1080. The van der Waals surface area contributed by atoms with Crippen LogP contribution < -0.4 is 21.9 Å². The topological polar surface area (TPSA) is 121 Å². The summed E-state index contributed by atoms with van der Waals surface area (Å²) in [7, 11) is 0. The molecule has 9 heteroatoms. The fourth-order valence-electron chi connectivity index (χ4n) is 4.05. The Hall–Kier alpha value is -3.36. The van der Waals surface area contributed by atoms with Gasteiger partial charge in [0.1, 0.15) is 5.82 Å². The number of carbonyl (C=O) groups is 2. The molecule has 1 aromatic heterocycles. The van der Waals surface area contributed by atoms with E-state index in [-0.39, 0.29) is 42.8 Å². The molecule has 3 N–H and O–H groups in total. The van der Waals surface area contributed by atoms with Crippen molar-refractivity contribution in [1.82, 2.24) is 14.5 Å². The summed E-state index contributed by atoms with van der Waals surface area (Å²) < 4.78 is 1.30. The van der Waals surface area contributed by atoms with Crippen LogP contribution in [0, 0.1) is 5.92 Å². The number of nitrogen functional groups attached to an aromatic ring is 1. The van der Waals surface area contributed by atoms with Crippen molar-refractivity contribution in [3.8, 4) is 0 Å². The number of nitrogens with one attached hydrogen (secondary N) is 1. The van der Waals surface area contributed by atoms with Gasteiger partial charge in [-0.3, -0.25) is 23.9 Å². The standard InChI is InChI=1S/C23H31N5O4/c1-3-5-12-28-20(24)19(21(30)25-23(28)32)27(11-4-2)22(31)17-13-18(29)26(15-17)14-16-9-7-6-8-10-16/h6-10,17H,3-5,11-15,24H2,1-2H3,(H,25,30,32). The molecule has 0 bridgehead atoms. The lowest BCUT2D eigenvalue weighted by atomic mass is 10.1. The number of hydrogen-bond acceptors (Lipinski definition) is 5. The number of nitrogens with zero attached hydrogens (tertiary/aromatic N) is 3. The molecule has 9 nitrogen and oxygen atoms in total. The van der Waals surface area contributed by atoms with Crippen LogP contribution in [0.15, 0.2) is 39.9 Å². The molecule has 32 heavy (non-hydrogen) atoms. The Morgan fingerprint density at radius 1 is 1.16 bits per heavy atom. The van der Waals surface area contributed by atoms with Crippen molar-refractivity contribution in [3.63, 3.8) is 0 Å². The Morgan fingerprint density at radius 2 is 1.88 bits per heavy atom. The van der Waals surface area contributed by atoms with E-state index in [0.29, 0.717) is 25.9 Å². The van der Waals surface area contributed by atoms with E-state index in [0.717, 1.165) is 12.0 Å². The Labute approximate surface area is 186 Å². The number of unbranched alkanes of at least 4 members (excludes halogenated alkanes) is 1. The number of amides is 2. The van der Waals surface area contributed by atoms with Crippen LogP contribution in [0.1, 0.15) is 45.1 Å². The van der Waals surface area contributed by atoms with Crippen LogP contribution in [0.25, 0.3) is 0 Å². The molecule has 1 aliphatic heterocycles. The molecule has 1 aliphatic rings. The summed E-state index contributed by atoms with van der Waals surface area (Å²) in [5, 5.41) is 0. The van der Waals surface area contributed by atoms with Gasteiger partial charge in [-0.15, -0.1) is 0 Å². The summed E-state index contributed by atoms with van der Waals surface area (Å²) in [5.41, 5.74) is 5.93. The highest BCUT2D eigenvalue weighted by Gasteiger charge is 2.38. The van der Waals surface area contributed by atoms with Crippen LogP contribution in [-0.4, -0.2) is 39.4 Å². The minimum atomic E-state index is -0.687. The molecule has 0 aliphatic carbocycles. The van der Waals surface area contributed by atoms with Crippen molar-refractivity contribution in [1.29, 1.82) is 0 Å². The fraction of sp³-hybridized carbons (Fsp3) is 0.478. The molecule has 0 spiro atoms. The molecule has 1 unspecified atom stereocenters. The molecule has 2 amide bonds. The zero-order valence-corrected chi connectivity index (χ0v) is 18.7. The lowest BCUT2D eigenvalue weighted by Crippen LogP contribution is -2.44. The van der Waals surface area contributed by atoms with Gasteiger partial charge in [-0.1, -0.05) is 50.6 Å². The number of carbonyl (C=O) groups excluding carboxylic acids is 2. The Kier molecular flexibility index (Phi) is 7.50. The van der Waals surface area contributed by atoms with Crippen molar-refractivity contribution < 1.29 is 9.59 Å². The first-order chi connectivity index (χ1) is 15.4. The van der Waals surface area contributed by atoms with E-state index in [1.165, 1.54) is 9.47 Å². The number of benzene rings is 1. The third-order valence-corrected chi connectivity index (χ3v) is 5.71. The molecule has 1 saturated heterocycles. The molecular formula is C23H31N5O4. The average molecular weight is 442 g/mol. The van der Waals surface area contributed by atoms with E-state index < -0.39 is 17.2 Å². The monoisotopic (exact) mass is 441 g/mol. The van der Waals surface area contributed by atoms with E-state index in [1.807, 2.05) is 44.2 Å². The lowest BCUT2D eigenvalue weighted by molar-refractivity contribution is -0.128. The summed E-state index contributed by atoms with van der Waals surface area (Å²) in [6.45, 7) is 5.20. The van der Waals surface area contributed by atoms with Gasteiger partial charge in [0, 0.05) is 32.6 Å². The first kappa shape index (κ1) is 23.3. The summed E-state index contributed by atoms with van der Waals surface area (Å²) in [6, 6.07) is 9.59. The maximum atomic E-state index is 13.4. The third kappa shape index (κ3) is 4.92. The van der Waals surface area contributed by atoms with Gasteiger partial charge >= 0.3 is 5.69 Å². The predicted molar refractivity (Wildman–Crippen MR) is 123 cm³/mol. The lowest BCUT2D eigenvalue weighted by Gasteiger charge is -2.26. The van der Waals surface area contributed by atoms with Gasteiger partial charge in [0.2, 0.25) is 11.8 Å². The second kappa shape index (κ2) is 10.3. The van der Waals surface area contributed by atoms with Crippen molar-refractivity contribution in [2.45, 2.75) is 52.6 Å². The van der Waals surface area contributed by atoms with E-state index in [9.17, 15) is 19.2 Å². The summed E-state index contributed by atoms with van der Waals surface area (Å²) >= 11 is 0. The highest BCUT2D eigenvalue weighted by Crippen LogP contribution is 2.26. The molecule has 2 aromatic rings. The van der Waals surface area contributed by atoms with E-state index in [1.54, 1.807) is 4.90 Å². The molecular weight excluding hydrogens is 410 g/mol. The number of aromatic nitrogens is 2. The SMILES string of the molecule is CCCCn1c(N)c(N(CCC)C(=O)C2CC(=O)N(Cc3ccccc3)C2)c(=O)[nH]c1=O. The van der Waals surface area contributed by atoms with E-state index in [4.69, 9.17) is 5.73 Å². The van der Waals surface area contributed by atoms with Gasteiger partial charge in [0.15, 0.2) is 5.69 Å². The van der Waals surface area contributed by atoms with E-state index in [2.05, 4.69) is 4.98 Å². The quantitative estimate of drug-likeness (QED) is 0.614. The number of nitrogens with two attached hydrogens (primary N) is 1. The van der Waals surface area contributed by atoms with Crippen LogP contribution in [-0.2, 0) is 22.7 Å². The largest absolute Gasteiger partial charge is 0.383 e. The summed E-state index contributed by atoms with van der Waals surface area (Å²) in [6.07, 6.45) is 2.23. The smallest absolute Gasteiger partial charge is 0.330 e. The summed E-state index contributed by atoms with van der Waals surface area (Å²) in [5.74, 6) is -1.01.